The van der Waals surface area contributed by atoms with E-state index in [0.29, 0.717) is 24.6 Å². The summed E-state index contributed by atoms with van der Waals surface area (Å²) in [7, 11) is 1.44. The fourth-order valence-electron chi connectivity index (χ4n) is 0.897. The number of ketones is 1. The van der Waals surface area contributed by atoms with Crippen LogP contribution < -0.4 is 18.0 Å². The minimum atomic E-state index is -0.0479. The molecule has 0 amide bonds. The van der Waals surface area contributed by atoms with Crippen LogP contribution in [0.3, 0.4) is 0 Å². The van der Waals surface area contributed by atoms with Crippen LogP contribution in [0.4, 0.5) is 0 Å². The first-order valence-electron chi connectivity index (χ1n) is 3.81. The first-order valence-corrected chi connectivity index (χ1v) is 16.4. The first kappa shape index (κ1) is 15.7. The van der Waals surface area contributed by atoms with Gasteiger partial charge in [-0.2, -0.15) is 0 Å². The number of ether oxygens (including phenoxy) is 1. The van der Waals surface area contributed by atoms with E-state index in [9.17, 15) is 9.90 Å². The van der Waals surface area contributed by atoms with E-state index >= 15 is 0 Å². The molecule has 3 nitrogen and oxygen atoms in total. The van der Waals surface area contributed by atoms with Crippen LogP contribution in [0.25, 0.3) is 0 Å². The van der Waals surface area contributed by atoms with E-state index < -0.39 is 0 Å². The molecule has 0 heterocycles. The second kappa shape index (κ2) is 8.79. The van der Waals surface area contributed by atoms with Gasteiger partial charge in [-0.15, -0.1) is 0 Å². The molecule has 0 aromatic heterocycles. The molecule has 15 heavy (non-hydrogen) atoms. The van der Waals surface area contributed by atoms with Gasteiger partial charge in [0, 0.05) is 5.56 Å². The number of aromatic hydroxyl groups is 1. The second-order valence-electron chi connectivity index (χ2n) is 2.50. The number of carbonyl (C=O) groups is 1. The van der Waals surface area contributed by atoms with Crippen molar-refractivity contribution in [3.63, 3.8) is 0 Å². The van der Waals surface area contributed by atoms with Crippen LogP contribution >= 0.6 is 37.2 Å². The predicted octanol–water partition coefficient (Wildman–Crippen LogP) is 0.379. The average molecular weight is 547 g/mol. The Bertz CT molecular complexity index is 328. The summed E-state index contributed by atoms with van der Waals surface area (Å²) in [5.74, 6) is 0.318. The summed E-state index contributed by atoms with van der Waals surface area (Å²) in [4.78, 5) is 10.9. The molecule has 1 N–H and O–H groups in total. The van der Waals surface area contributed by atoms with Crippen LogP contribution in [0.15, 0.2) is 18.2 Å². The summed E-state index contributed by atoms with van der Waals surface area (Å²) in [5, 5.41) is 9.18. The monoisotopic (exact) mass is 547 g/mol. The van der Waals surface area contributed by atoms with Gasteiger partial charge in [0.1, 0.15) is 0 Å². The Labute approximate surface area is 119 Å². The summed E-state index contributed by atoms with van der Waals surface area (Å²) in [6.45, 7) is 1.46. The van der Waals surface area contributed by atoms with E-state index in [4.69, 9.17) is 4.74 Å². The van der Waals surface area contributed by atoms with Gasteiger partial charge in [0.15, 0.2) is 17.3 Å². The number of methoxy groups -OCH3 is 1. The number of phenolic OH excluding ortho intramolecular Hbond substituents is 1. The quantitative estimate of drug-likeness (QED) is 0.431. The molecule has 0 saturated heterocycles. The van der Waals surface area contributed by atoms with Crippen molar-refractivity contribution in [2.75, 3.05) is 7.11 Å². The van der Waals surface area contributed by atoms with Gasteiger partial charge in [-0.25, -0.2) is 0 Å². The van der Waals surface area contributed by atoms with Gasteiger partial charge in [0.05, 0.1) is 7.11 Å². The molecule has 1 aromatic rings. The molecule has 0 saturated carbocycles. The van der Waals surface area contributed by atoms with Crippen LogP contribution in [0.2, 0.25) is 0 Å². The van der Waals surface area contributed by atoms with Gasteiger partial charge in [-0.1, -0.05) is 0 Å². The fraction of sp³-hybridized carbons (Fsp3) is 0.222. The fourth-order valence-corrected chi connectivity index (χ4v) is 0.897. The van der Waals surface area contributed by atoms with Crippen LogP contribution in [-0.4, -0.2) is 18.0 Å². The summed E-state index contributed by atoms with van der Waals surface area (Å²) < 4.78 is 4.83. The molecule has 0 radical (unpaired) electrons. The van der Waals surface area contributed by atoms with Crippen LogP contribution in [-0.2, 0) is 0 Å². The number of hydrogen-bond acceptors (Lipinski definition) is 3. The van der Waals surface area contributed by atoms with Gasteiger partial charge < -0.3 is 9.84 Å². The molecule has 1 rings (SSSR count). The SMILES string of the molecule is COc1cc(C(C)=O)ccc1O.I[I-]I. The number of carbonyl (C=O) groups excluding carboxylic acids is 1. The van der Waals surface area contributed by atoms with Crippen molar-refractivity contribution >= 4 is 43.0 Å². The van der Waals surface area contributed by atoms with Gasteiger partial charge in [-0.3, -0.25) is 4.79 Å². The van der Waals surface area contributed by atoms with Gasteiger partial charge >= 0.3 is 50.5 Å². The van der Waals surface area contributed by atoms with E-state index in [1.54, 1.807) is 6.07 Å². The average Bonchev–Trinajstić information content (AvgIpc) is 2.19. The molecule has 0 fully saturated rings. The molecular weight excluding hydrogens is 537 g/mol. The van der Waals surface area contributed by atoms with E-state index in [1.807, 2.05) is 0 Å². The van der Waals surface area contributed by atoms with Crippen LogP contribution in [0.1, 0.15) is 17.3 Å². The summed E-state index contributed by atoms with van der Waals surface area (Å²) in [6.07, 6.45) is 0. The molecule has 0 bridgehead atoms. The van der Waals surface area contributed by atoms with Crippen molar-refractivity contribution in [2.45, 2.75) is 6.92 Å². The van der Waals surface area contributed by atoms with Gasteiger partial charge in [0.25, 0.3) is 0 Å². The van der Waals surface area contributed by atoms with E-state index in [2.05, 4.69) is 37.2 Å². The van der Waals surface area contributed by atoms with Crippen molar-refractivity contribution in [1.29, 1.82) is 0 Å². The molecule has 0 aliphatic rings. The molecule has 86 valence electrons. The Morgan fingerprint density at radius 2 is 2.00 bits per heavy atom. The topological polar surface area (TPSA) is 46.5 Å². The van der Waals surface area contributed by atoms with Gasteiger partial charge in [-0.05, 0) is 25.1 Å². The van der Waals surface area contributed by atoms with Gasteiger partial charge in [0.2, 0.25) is 0 Å². The van der Waals surface area contributed by atoms with Crippen molar-refractivity contribution in [3.8, 4) is 11.5 Å². The number of hydrogen-bond donors (Lipinski definition) is 1. The number of halogens is 3. The van der Waals surface area contributed by atoms with Crippen molar-refractivity contribution in [1.82, 2.24) is 0 Å². The normalized spacial score (nSPS) is 9.07. The summed E-state index contributed by atoms with van der Waals surface area (Å²) >= 11 is 5.30. The molecule has 6 heteroatoms. The number of Topliss-reactive ketones (excluding diaryl/α,β-unsaturated/α-hetero) is 1. The van der Waals surface area contributed by atoms with E-state index in [1.165, 1.54) is 26.2 Å². The number of phenols is 1. The third kappa shape index (κ3) is 6.09. The molecule has 0 spiro atoms. The van der Waals surface area contributed by atoms with E-state index in [0.717, 1.165) is 0 Å². The second-order valence-corrected chi connectivity index (χ2v) is 18.7. The van der Waals surface area contributed by atoms with Crippen LogP contribution in [0.5, 0.6) is 11.5 Å². The zero-order chi connectivity index (χ0) is 11.8. The van der Waals surface area contributed by atoms with Crippen molar-refractivity contribution in [3.05, 3.63) is 23.8 Å². The minimum absolute atomic E-state index is 0.0440. The zero-order valence-electron chi connectivity index (χ0n) is 8.13. The van der Waals surface area contributed by atoms with Crippen molar-refractivity contribution < 1.29 is 27.9 Å². The third-order valence-corrected chi connectivity index (χ3v) is 1.59. The molecule has 1 aromatic carbocycles. The first-order chi connectivity index (χ1) is 7.06. The molecule has 0 aliphatic heterocycles. The Kier molecular flexibility index (Phi) is 9.19. The third-order valence-electron chi connectivity index (χ3n) is 1.59. The Morgan fingerprint density at radius 1 is 1.47 bits per heavy atom. The summed E-state index contributed by atoms with van der Waals surface area (Å²) in [6, 6.07) is 4.51. The number of benzene rings is 1. The zero-order valence-corrected chi connectivity index (χ0v) is 14.6. The molecular formula is C9H10I3O3-. The predicted molar refractivity (Wildman–Crippen MR) is 72.7 cm³/mol. The number of rotatable bonds is 2. The maximum absolute atomic E-state index is 10.9. The Hall–Kier alpha value is 0.680. The summed E-state index contributed by atoms with van der Waals surface area (Å²) in [5.41, 5.74) is 0.532. The Morgan fingerprint density at radius 3 is 2.40 bits per heavy atom. The molecule has 0 unspecified atom stereocenters. The van der Waals surface area contributed by atoms with E-state index in [-0.39, 0.29) is 11.5 Å². The Balaban J connectivity index is 0.000000583. The maximum atomic E-state index is 10.9. The molecule has 0 atom stereocenters. The van der Waals surface area contributed by atoms with Crippen molar-refractivity contribution in [2.24, 2.45) is 0 Å². The van der Waals surface area contributed by atoms with Crippen LogP contribution in [0, 0.1) is 0 Å². The standard InChI is InChI=1S/C9H10O3.I3/c1-6(10)7-3-4-8(11)9(5-7)12-2;1-3-2/h3-5,11H,1-2H3;/q;-1. The molecule has 0 aliphatic carbocycles.